The lowest BCUT2D eigenvalue weighted by Crippen LogP contribution is -2.45. The number of aliphatic carboxylic acids is 1. The second kappa shape index (κ2) is 6.98. The van der Waals surface area contributed by atoms with Crippen LogP contribution in [-0.2, 0) is 16.0 Å². The summed E-state index contributed by atoms with van der Waals surface area (Å²) in [6.07, 6.45) is 0.258. The van der Waals surface area contributed by atoms with Crippen LogP contribution < -0.4 is 5.32 Å². The van der Waals surface area contributed by atoms with Gasteiger partial charge in [0.2, 0.25) is 5.91 Å². The van der Waals surface area contributed by atoms with E-state index in [4.69, 9.17) is 5.11 Å². The van der Waals surface area contributed by atoms with Gasteiger partial charge in [-0.1, -0.05) is 26.3 Å². The van der Waals surface area contributed by atoms with Gasteiger partial charge in [-0.05, 0) is 17.5 Å². The molecule has 0 aliphatic rings. The lowest BCUT2D eigenvalue weighted by molar-refractivity contribution is -0.143. The van der Waals surface area contributed by atoms with E-state index in [0.717, 1.165) is 6.07 Å². The van der Waals surface area contributed by atoms with Crippen molar-refractivity contribution >= 4 is 11.9 Å². The van der Waals surface area contributed by atoms with E-state index in [1.807, 2.05) is 6.92 Å². The standard InChI is InChI=1S/C14H17F2NO3/c1-3-8(2)13(14(19)20)17-12(18)6-9-4-5-10(15)7-11(9)16/h4-5,7-8,13H,3,6H2,1-2H3,(H,17,18)(H,19,20)/t8-,13+/m0/s1. The van der Waals surface area contributed by atoms with Crippen LogP contribution in [0.25, 0.3) is 0 Å². The molecular weight excluding hydrogens is 268 g/mol. The summed E-state index contributed by atoms with van der Waals surface area (Å²) in [4.78, 5) is 22.8. The number of rotatable bonds is 6. The van der Waals surface area contributed by atoms with E-state index in [9.17, 15) is 18.4 Å². The first-order chi connectivity index (χ1) is 9.35. The maximum atomic E-state index is 13.4. The normalized spacial score (nSPS) is 13.6. The van der Waals surface area contributed by atoms with Gasteiger partial charge in [0.05, 0.1) is 6.42 Å². The Kier molecular flexibility index (Phi) is 5.61. The van der Waals surface area contributed by atoms with E-state index < -0.39 is 29.6 Å². The van der Waals surface area contributed by atoms with E-state index in [1.54, 1.807) is 6.92 Å². The van der Waals surface area contributed by atoms with Crippen LogP contribution in [0.2, 0.25) is 0 Å². The van der Waals surface area contributed by atoms with Gasteiger partial charge in [-0.15, -0.1) is 0 Å². The topological polar surface area (TPSA) is 66.4 Å². The molecule has 0 aliphatic heterocycles. The lowest BCUT2D eigenvalue weighted by atomic mass is 9.99. The Morgan fingerprint density at radius 1 is 1.35 bits per heavy atom. The van der Waals surface area contributed by atoms with Crippen molar-refractivity contribution in [1.82, 2.24) is 5.32 Å². The summed E-state index contributed by atoms with van der Waals surface area (Å²) in [6, 6.07) is 1.89. The monoisotopic (exact) mass is 285 g/mol. The van der Waals surface area contributed by atoms with Crippen LogP contribution in [-0.4, -0.2) is 23.0 Å². The number of carbonyl (C=O) groups excluding carboxylic acids is 1. The van der Waals surface area contributed by atoms with Crippen LogP contribution in [0.1, 0.15) is 25.8 Å². The molecule has 0 radical (unpaired) electrons. The molecule has 2 N–H and O–H groups in total. The smallest absolute Gasteiger partial charge is 0.326 e. The summed E-state index contributed by atoms with van der Waals surface area (Å²) < 4.78 is 26.1. The first-order valence-corrected chi connectivity index (χ1v) is 6.31. The molecule has 1 amide bonds. The molecular formula is C14H17F2NO3. The molecule has 0 heterocycles. The maximum Gasteiger partial charge on any atom is 0.326 e. The highest BCUT2D eigenvalue weighted by molar-refractivity contribution is 5.85. The second-order valence-corrected chi connectivity index (χ2v) is 4.68. The van der Waals surface area contributed by atoms with E-state index in [0.29, 0.717) is 12.5 Å². The van der Waals surface area contributed by atoms with Crippen LogP contribution in [0.4, 0.5) is 8.78 Å². The van der Waals surface area contributed by atoms with Crippen molar-refractivity contribution in [2.24, 2.45) is 5.92 Å². The quantitative estimate of drug-likeness (QED) is 0.841. The van der Waals surface area contributed by atoms with Crippen LogP contribution >= 0.6 is 0 Å². The summed E-state index contributed by atoms with van der Waals surface area (Å²) in [5.74, 6) is -3.53. The third kappa shape index (κ3) is 4.29. The van der Waals surface area contributed by atoms with Crippen molar-refractivity contribution in [3.05, 3.63) is 35.4 Å². The average molecular weight is 285 g/mol. The molecule has 6 heteroatoms. The zero-order valence-electron chi connectivity index (χ0n) is 11.3. The van der Waals surface area contributed by atoms with Crippen LogP contribution in [0.3, 0.4) is 0 Å². The fourth-order valence-electron chi connectivity index (χ4n) is 1.75. The van der Waals surface area contributed by atoms with Crippen LogP contribution in [0.15, 0.2) is 18.2 Å². The Hall–Kier alpha value is -1.98. The Labute approximate surface area is 115 Å². The number of nitrogens with one attached hydrogen (secondary N) is 1. The summed E-state index contributed by atoms with van der Waals surface area (Å²) in [5, 5.41) is 11.4. The van der Waals surface area contributed by atoms with Gasteiger partial charge in [-0.25, -0.2) is 13.6 Å². The van der Waals surface area contributed by atoms with Gasteiger partial charge in [0.15, 0.2) is 0 Å². The van der Waals surface area contributed by atoms with Crippen LogP contribution in [0.5, 0.6) is 0 Å². The molecule has 0 fully saturated rings. The highest BCUT2D eigenvalue weighted by Gasteiger charge is 2.25. The van der Waals surface area contributed by atoms with Gasteiger partial charge in [0, 0.05) is 6.07 Å². The van der Waals surface area contributed by atoms with Gasteiger partial charge < -0.3 is 10.4 Å². The maximum absolute atomic E-state index is 13.4. The number of carboxylic acid groups (broad SMARTS) is 1. The molecule has 1 aromatic rings. The predicted molar refractivity (Wildman–Crippen MR) is 69.1 cm³/mol. The fourth-order valence-corrected chi connectivity index (χ4v) is 1.75. The first kappa shape index (κ1) is 16.1. The summed E-state index contributed by atoms with van der Waals surface area (Å²) in [7, 11) is 0. The molecule has 0 bridgehead atoms. The molecule has 0 aromatic heterocycles. The van der Waals surface area contributed by atoms with Gasteiger partial charge in [-0.2, -0.15) is 0 Å². The van der Waals surface area contributed by atoms with Crippen LogP contribution in [0, 0.1) is 17.6 Å². The summed E-state index contributed by atoms with van der Waals surface area (Å²) in [6.45, 7) is 3.52. The number of hydrogen-bond donors (Lipinski definition) is 2. The first-order valence-electron chi connectivity index (χ1n) is 6.31. The minimum Gasteiger partial charge on any atom is -0.480 e. The van der Waals surface area contributed by atoms with Crippen molar-refractivity contribution < 1.29 is 23.5 Å². The van der Waals surface area contributed by atoms with Crippen molar-refractivity contribution in [2.75, 3.05) is 0 Å². The Morgan fingerprint density at radius 3 is 2.50 bits per heavy atom. The molecule has 110 valence electrons. The van der Waals surface area contributed by atoms with Crippen molar-refractivity contribution in [2.45, 2.75) is 32.7 Å². The summed E-state index contributed by atoms with van der Waals surface area (Å²) in [5.41, 5.74) is 0.0252. The van der Waals surface area contributed by atoms with E-state index in [2.05, 4.69) is 5.32 Å². The molecule has 2 atom stereocenters. The zero-order chi connectivity index (χ0) is 15.3. The second-order valence-electron chi connectivity index (χ2n) is 4.68. The number of halogens is 2. The molecule has 0 aliphatic carbocycles. The van der Waals surface area contributed by atoms with Gasteiger partial charge in [-0.3, -0.25) is 4.79 Å². The third-order valence-corrected chi connectivity index (χ3v) is 3.16. The third-order valence-electron chi connectivity index (χ3n) is 3.16. The highest BCUT2D eigenvalue weighted by Crippen LogP contribution is 2.12. The van der Waals surface area contributed by atoms with Gasteiger partial charge in [0.1, 0.15) is 17.7 Å². The SMILES string of the molecule is CC[C@H](C)[C@@H](NC(=O)Cc1ccc(F)cc1F)C(=O)O. The van der Waals surface area contributed by atoms with Crippen molar-refractivity contribution in [1.29, 1.82) is 0 Å². The average Bonchev–Trinajstić information content (AvgIpc) is 2.38. The minimum absolute atomic E-state index is 0.0252. The lowest BCUT2D eigenvalue weighted by Gasteiger charge is -2.20. The number of benzene rings is 1. The van der Waals surface area contributed by atoms with Crippen molar-refractivity contribution in [3.63, 3.8) is 0 Å². The zero-order valence-corrected chi connectivity index (χ0v) is 11.3. The number of hydrogen-bond acceptors (Lipinski definition) is 2. The Bertz CT molecular complexity index is 505. The Balaban J connectivity index is 2.73. The molecule has 4 nitrogen and oxygen atoms in total. The van der Waals surface area contributed by atoms with Gasteiger partial charge in [0.25, 0.3) is 0 Å². The fraction of sp³-hybridized carbons (Fsp3) is 0.429. The molecule has 20 heavy (non-hydrogen) atoms. The van der Waals surface area contributed by atoms with E-state index in [1.165, 1.54) is 6.07 Å². The number of carbonyl (C=O) groups is 2. The predicted octanol–water partition coefficient (Wildman–Crippen LogP) is 2.12. The summed E-state index contributed by atoms with van der Waals surface area (Å²) >= 11 is 0. The van der Waals surface area contributed by atoms with Crippen molar-refractivity contribution in [3.8, 4) is 0 Å². The highest BCUT2D eigenvalue weighted by atomic mass is 19.1. The number of carboxylic acids is 1. The minimum atomic E-state index is -1.13. The molecule has 0 spiro atoms. The molecule has 0 saturated carbocycles. The molecule has 1 rings (SSSR count). The van der Waals surface area contributed by atoms with Gasteiger partial charge >= 0.3 is 5.97 Å². The van der Waals surface area contributed by atoms with E-state index >= 15 is 0 Å². The number of amides is 1. The Morgan fingerprint density at radius 2 is 2.00 bits per heavy atom. The largest absolute Gasteiger partial charge is 0.480 e. The van der Waals surface area contributed by atoms with E-state index in [-0.39, 0.29) is 17.9 Å². The molecule has 0 saturated heterocycles. The molecule has 1 aromatic carbocycles. The molecule has 0 unspecified atom stereocenters.